The molecule has 3 aliphatic heterocycles. The molecule has 0 saturated carbocycles. The van der Waals surface area contributed by atoms with Gasteiger partial charge in [0.1, 0.15) is 12.0 Å². The molecule has 0 aliphatic carbocycles. The van der Waals surface area contributed by atoms with Crippen LogP contribution in [0.5, 0.6) is 0 Å². The average Bonchev–Trinajstić information content (AvgIpc) is 3.05. The summed E-state index contributed by atoms with van der Waals surface area (Å²) in [4.78, 5) is 31.0. The smallest absolute Gasteiger partial charge is 0.321 e. The van der Waals surface area contributed by atoms with Crippen LogP contribution in [0, 0.1) is 5.92 Å². The number of carbonyl (C=O) groups excluding carboxylic acids is 2. The standard InChI is InChI=1S/C22H26N2O4/c1-4-15-11-24-10-9-18(15)22(21(26)27-3,13-28-14(2)25)20-17(12-24)16-7-5-6-8-19(16)23-20/h4-8,18,23H,9-13H2,1-3H3/t18-,22-/m1/s1. The SMILES string of the molecule is CC=C1CN2CC[C@H]1[C@@](COC(C)=O)(C(=O)OC)c1[nH]c3ccccc3c1C2. The molecule has 0 amide bonds. The Morgan fingerprint density at radius 2 is 2.11 bits per heavy atom. The van der Waals surface area contributed by atoms with Crippen molar-refractivity contribution in [2.24, 2.45) is 5.92 Å². The summed E-state index contributed by atoms with van der Waals surface area (Å²) >= 11 is 0. The van der Waals surface area contributed by atoms with Crippen LogP contribution in [0.15, 0.2) is 35.9 Å². The fourth-order valence-electron chi connectivity index (χ4n) is 4.95. The number of nitrogens with zero attached hydrogens (tertiary/aromatic N) is 1. The second-order valence-corrected chi connectivity index (χ2v) is 7.68. The van der Waals surface area contributed by atoms with Crippen molar-refractivity contribution in [3.8, 4) is 0 Å². The van der Waals surface area contributed by atoms with Gasteiger partial charge in [-0.3, -0.25) is 14.5 Å². The van der Waals surface area contributed by atoms with Crippen LogP contribution in [0.3, 0.4) is 0 Å². The number of fused-ring (bicyclic) bond motifs is 3. The number of esters is 2. The van der Waals surface area contributed by atoms with Crippen LogP contribution in [0.4, 0.5) is 0 Å². The number of piperidine rings is 1. The quantitative estimate of drug-likeness (QED) is 0.653. The third-order valence-electron chi connectivity index (χ3n) is 6.25. The van der Waals surface area contributed by atoms with Crippen molar-refractivity contribution in [1.29, 1.82) is 0 Å². The van der Waals surface area contributed by atoms with Crippen molar-refractivity contribution in [3.63, 3.8) is 0 Å². The molecule has 1 aromatic carbocycles. The number of para-hydroxylation sites is 1. The average molecular weight is 382 g/mol. The number of hydrogen-bond acceptors (Lipinski definition) is 5. The van der Waals surface area contributed by atoms with Crippen LogP contribution in [-0.2, 0) is 31.0 Å². The molecule has 2 bridgehead atoms. The molecule has 28 heavy (non-hydrogen) atoms. The molecule has 0 radical (unpaired) electrons. The number of carbonyl (C=O) groups is 2. The van der Waals surface area contributed by atoms with Crippen LogP contribution < -0.4 is 0 Å². The second kappa shape index (κ2) is 7.09. The highest BCUT2D eigenvalue weighted by Gasteiger charge is 2.55. The van der Waals surface area contributed by atoms with Gasteiger partial charge in [0.25, 0.3) is 0 Å². The minimum Gasteiger partial charge on any atom is -0.468 e. The number of benzene rings is 1. The van der Waals surface area contributed by atoms with E-state index in [1.807, 2.05) is 25.1 Å². The largest absolute Gasteiger partial charge is 0.468 e. The highest BCUT2D eigenvalue weighted by atomic mass is 16.5. The van der Waals surface area contributed by atoms with Gasteiger partial charge in [0, 0.05) is 42.5 Å². The molecule has 4 heterocycles. The minimum absolute atomic E-state index is 0.0309. The van der Waals surface area contributed by atoms with Crippen molar-refractivity contribution < 1.29 is 19.1 Å². The number of hydrogen-bond donors (Lipinski definition) is 1. The summed E-state index contributed by atoms with van der Waals surface area (Å²) in [5.74, 6) is -0.851. The fourth-order valence-corrected chi connectivity index (χ4v) is 4.95. The lowest BCUT2D eigenvalue weighted by molar-refractivity contribution is -0.158. The van der Waals surface area contributed by atoms with Crippen LogP contribution >= 0.6 is 0 Å². The van der Waals surface area contributed by atoms with E-state index in [4.69, 9.17) is 9.47 Å². The molecule has 148 valence electrons. The molecule has 1 N–H and O–H groups in total. The number of allylic oxidation sites excluding steroid dienone is 1. The third kappa shape index (κ3) is 2.75. The zero-order chi connectivity index (χ0) is 19.9. The van der Waals surface area contributed by atoms with Gasteiger partial charge >= 0.3 is 11.9 Å². The number of aromatic amines is 1. The number of nitrogens with one attached hydrogen (secondary N) is 1. The van der Waals surface area contributed by atoms with Crippen molar-refractivity contribution in [3.05, 3.63) is 47.2 Å². The monoisotopic (exact) mass is 382 g/mol. The van der Waals surface area contributed by atoms with E-state index in [0.717, 1.165) is 48.2 Å². The molecule has 1 saturated heterocycles. The molecule has 1 unspecified atom stereocenters. The van der Waals surface area contributed by atoms with E-state index in [1.54, 1.807) is 0 Å². The first-order valence-corrected chi connectivity index (χ1v) is 9.70. The van der Waals surface area contributed by atoms with Crippen molar-refractivity contribution >= 4 is 22.8 Å². The van der Waals surface area contributed by atoms with Gasteiger partial charge in [-0.15, -0.1) is 0 Å². The van der Waals surface area contributed by atoms with Crippen LogP contribution in [0.25, 0.3) is 10.9 Å². The van der Waals surface area contributed by atoms with Gasteiger partial charge in [0.05, 0.1) is 7.11 Å². The molecule has 5 rings (SSSR count). The summed E-state index contributed by atoms with van der Waals surface area (Å²) in [6, 6.07) is 8.07. The van der Waals surface area contributed by atoms with Gasteiger partial charge in [0.2, 0.25) is 0 Å². The molecule has 3 aliphatic rings. The van der Waals surface area contributed by atoms with Crippen molar-refractivity contribution in [2.75, 3.05) is 26.8 Å². The summed E-state index contributed by atoms with van der Waals surface area (Å²) in [5, 5.41) is 1.10. The molecule has 6 heteroatoms. The molecule has 0 spiro atoms. The number of aromatic nitrogens is 1. The first-order chi connectivity index (χ1) is 13.5. The summed E-state index contributed by atoms with van der Waals surface area (Å²) in [7, 11) is 1.41. The highest BCUT2D eigenvalue weighted by Crippen LogP contribution is 2.47. The maximum atomic E-state index is 13.4. The number of rotatable bonds is 3. The van der Waals surface area contributed by atoms with Gasteiger partial charge < -0.3 is 14.5 Å². The predicted molar refractivity (Wildman–Crippen MR) is 106 cm³/mol. The Kier molecular flexibility index (Phi) is 4.75. The Hall–Kier alpha value is -2.60. The van der Waals surface area contributed by atoms with E-state index < -0.39 is 11.4 Å². The minimum atomic E-state index is -1.08. The number of methoxy groups -OCH3 is 1. The molecule has 1 aromatic heterocycles. The molecule has 1 fully saturated rings. The Bertz CT molecular complexity index is 961. The lowest BCUT2D eigenvalue weighted by atomic mass is 9.65. The first-order valence-electron chi connectivity index (χ1n) is 9.70. The predicted octanol–water partition coefficient (Wildman–Crippen LogP) is 2.92. The van der Waals surface area contributed by atoms with E-state index in [-0.39, 0.29) is 18.5 Å². The third-order valence-corrected chi connectivity index (χ3v) is 6.25. The van der Waals surface area contributed by atoms with Gasteiger partial charge in [0.15, 0.2) is 0 Å². The first kappa shape index (κ1) is 18.7. The highest BCUT2D eigenvalue weighted by molar-refractivity contribution is 5.91. The van der Waals surface area contributed by atoms with Crippen LogP contribution in [0.1, 0.15) is 31.5 Å². The lowest BCUT2D eigenvalue weighted by Gasteiger charge is -2.46. The molecule has 3 atom stereocenters. The van der Waals surface area contributed by atoms with Crippen LogP contribution in [0.2, 0.25) is 0 Å². The topological polar surface area (TPSA) is 71.6 Å². The summed E-state index contributed by atoms with van der Waals surface area (Å²) in [6.45, 7) is 5.78. The van der Waals surface area contributed by atoms with Gasteiger partial charge in [-0.25, -0.2) is 0 Å². The Morgan fingerprint density at radius 1 is 1.32 bits per heavy atom. The maximum absolute atomic E-state index is 13.4. The van der Waals surface area contributed by atoms with E-state index in [1.165, 1.54) is 19.6 Å². The van der Waals surface area contributed by atoms with E-state index in [2.05, 4.69) is 22.0 Å². The number of H-pyrrole nitrogens is 1. The summed E-state index contributed by atoms with van der Waals surface area (Å²) < 4.78 is 10.8. The summed E-state index contributed by atoms with van der Waals surface area (Å²) in [5.41, 5.74) is 2.99. The zero-order valence-electron chi connectivity index (χ0n) is 16.6. The Morgan fingerprint density at radius 3 is 2.82 bits per heavy atom. The van der Waals surface area contributed by atoms with E-state index in [9.17, 15) is 9.59 Å². The van der Waals surface area contributed by atoms with Gasteiger partial charge in [-0.05, 0) is 31.5 Å². The molecule has 6 nitrogen and oxygen atoms in total. The maximum Gasteiger partial charge on any atom is 0.321 e. The van der Waals surface area contributed by atoms with Gasteiger partial charge in [-0.2, -0.15) is 0 Å². The molecule has 2 aromatic rings. The number of ether oxygens (including phenoxy) is 2. The van der Waals surface area contributed by atoms with Gasteiger partial charge in [-0.1, -0.05) is 29.8 Å². The van der Waals surface area contributed by atoms with Crippen molar-refractivity contribution in [1.82, 2.24) is 9.88 Å². The van der Waals surface area contributed by atoms with E-state index in [0.29, 0.717) is 0 Å². The normalized spacial score (nSPS) is 27.9. The van der Waals surface area contributed by atoms with Crippen LogP contribution in [-0.4, -0.2) is 48.6 Å². The summed E-state index contributed by atoms with van der Waals surface area (Å²) in [6.07, 6.45) is 2.90. The molecular formula is C22H26N2O4. The van der Waals surface area contributed by atoms with E-state index >= 15 is 0 Å². The molecular weight excluding hydrogens is 356 g/mol. The second-order valence-electron chi connectivity index (χ2n) is 7.68. The zero-order valence-corrected chi connectivity index (χ0v) is 16.6. The Balaban J connectivity index is 2.03. The Labute approximate surface area is 164 Å². The lowest BCUT2D eigenvalue weighted by Crippen LogP contribution is -2.55. The fraction of sp³-hybridized carbons (Fsp3) is 0.455. The van der Waals surface area contributed by atoms with Crippen molar-refractivity contribution in [2.45, 2.75) is 32.2 Å².